The molecule has 1 amide bonds. The molecule has 0 atom stereocenters. The van der Waals surface area contributed by atoms with Crippen LogP contribution in [0, 0.1) is 6.92 Å². The highest BCUT2D eigenvalue weighted by molar-refractivity contribution is 6.53. The molecule has 1 heterocycles. The van der Waals surface area contributed by atoms with Crippen molar-refractivity contribution < 1.29 is 9.32 Å². The predicted octanol–water partition coefficient (Wildman–Crippen LogP) is 1.70. The lowest BCUT2D eigenvalue weighted by atomic mass is 10.4. The van der Waals surface area contributed by atoms with Gasteiger partial charge in [-0.25, -0.2) is 0 Å². The van der Waals surface area contributed by atoms with Crippen LogP contribution in [0.3, 0.4) is 0 Å². The number of aromatic nitrogens is 2. The fraction of sp³-hybridized carbons (Fsp3) is 0.444. The molecule has 0 unspecified atom stereocenters. The van der Waals surface area contributed by atoms with E-state index < -0.39 is 10.7 Å². The smallest absolute Gasteiger partial charge is 0.256 e. The first-order valence-corrected chi connectivity index (χ1v) is 5.39. The standard InChI is InChI=1S/C9H11Cl2N3O2/c1-3-4-14(9(15)8(10)11)5-7-12-6(2)16-13-7/h3,8H,1,4-5H2,2H3. The third kappa shape index (κ3) is 3.50. The molecule has 0 N–H and O–H groups in total. The van der Waals surface area contributed by atoms with E-state index in [9.17, 15) is 4.79 Å². The second-order valence-corrected chi connectivity index (χ2v) is 4.13. The van der Waals surface area contributed by atoms with Crippen LogP contribution in [0.1, 0.15) is 11.7 Å². The number of carbonyl (C=O) groups is 1. The summed E-state index contributed by atoms with van der Waals surface area (Å²) < 4.78 is 4.79. The Balaban J connectivity index is 2.71. The Hall–Kier alpha value is -1.07. The van der Waals surface area contributed by atoms with E-state index in [1.54, 1.807) is 13.0 Å². The number of amides is 1. The molecule has 0 radical (unpaired) electrons. The van der Waals surface area contributed by atoms with Crippen molar-refractivity contribution in [3.05, 3.63) is 24.4 Å². The molecule has 0 saturated heterocycles. The number of halogens is 2. The Morgan fingerprint density at radius 3 is 2.81 bits per heavy atom. The van der Waals surface area contributed by atoms with Gasteiger partial charge in [0.2, 0.25) is 5.89 Å². The van der Waals surface area contributed by atoms with Crippen LogP contribution in [0.25, 0.3) is 0 Å². The van der Waals surface area contributed by atoms with E-state index in [0.717, 1.165) is 0 Å². The molecule has 0 aromatic carbocycles. The molecule has 0 fully saturated rings. The van der Waals surface area contributed by atoms with Crippen molar-refractivity contribution in [2.75, 3.05) is 6.54 Å². The van der Waals surface area contributed by atoms with Crippen molar-refractivity contribution in [3.63, 3.8) is 0 Å². The summed E-state index contributed by atoms with van der Waals surface area (Å²) in [6.45, 7) is 5.73. The van der Waals surface area contributed by atoms with Crippen LogP contribution >= 0.6 is 23.2 Å². The van der Waals surface area contributed by atoms with Crippen molar-refractivity contribution >= 4 is 29.1 Å². The Morgan fingerprint density at radius 1 is 1.69 bits per heavy atom. The first-order chi connectivity index (χ1) is 7.54. The highest BCUT2D eigenvalue weighted by atomic mass is 35.5. The van der Waals surface area contributed by atoms with Gasteiger partial charge >= 0.3 is 0 Å². The lowest BCUT2D eigenvalue weighted by Crippen LogP contribution is -2.34. The predicted molar refractivity (Wildman–Crippen MR) is 60.1 cm³/mol. The number of rotatable bonds is 5. The zero-order valence-electron chi connectivity index (χ0n) is 8.69. The van der Waals surface area contributed by atoms with Gasteiger partial charge in [0.15, 0.2) is 10.7 Å². The minimum Gasteiger partial charge on any atom is -0.340 e. The number of nitrogens with zero attached hydrogens (tertiary/aromatic N) is 3. The fourth-order valence-corrected chi connectivity index (χ4v) is 1.38. The van der Waals surface area contributed by atoms with Crippen molar-refractivity contribution in [2.24, 2.45) is 0 Å². The average molecular weight is 264 g/mol. The quantitative estimate of drug-likeness (QED) is 0.600. The summed E-state index contributed by atoms with van der Waals surface area (Å²) in [5.41, 5.74) is 0. The molecule has 1 aromatic heterocycles. The molecule has 0 aliphatic rings. The maximum atomic E-state index is 11.6. The second kappa shape index (κ2) is 5.86. The maximum Gasteiger partial charge on any atom is 0.256 e. The van der Waals surface area contributed by atoms with Gasteiger partial charge in [-0.1, -0.05) is 34.4 Å². The second-order valence-electron chi connectivity index (χ2n) is 3.04. The van der Waals surface area contributed by atoms with Crippen LogP contribution in [0.2, 0.25) is 0 Å². The SMILES string of the molecule is C=CCN(Cc1noc(C)n1)C(=O)C(Cl)Cl. The normalized spacial score (nSPS) is 10.5. The molecule has 0 aliphatic carbocycles. The van der Waals surface area contributed by atoms with Gasteiger partial charge in [-0.15, -0.1) is 6.58 Å². The van der Waals surface area contributed by atoms with Crippen LogP contribution in [-0.2, 0) is 11.3 Å². The van der Waals surface area contributed by atoms with Gasteiger partial charge in [0.1, 0.15) is 0 Å². The number of aryl methyl sites for hydroxylation is 1. The third-order valence-electron chi connectivity index (χ3n) is 1.75. The Morgan fingerprint density at radius 2 is 2.38 bits per heavy atom. The van der Waals surface area contributed by atoms with E-state index in [0.29, 0.717) is 18.3 Å². The highest BCUT2D eigenvalue weighted by Gasteiger charge is 2.21. The van der Waals surface area contributed by atoms with Crippen molar-refractivity contribution in [1.82, 2.24) is 15.0 Å². The molecular weight excluding hydrogens is 253 g/mol. The summed E-state index contributed by atoms with van der Waals surface area (Å²) in [5, 5.41) is 3.68. The minimum atomic E-state index is -1.10. The third-order valence-corrected chi connectivity index (χ3v) is 2.12. The first kappa shape index (κ1) is 13.0. The lowest BCUT2D eigenvalue weighted by molar-refractivity contribution is -0.129. The first-order valence-electron chi connectivity index (χ1n) is 4.51. The van der Waals surface area contributed by atoms with E-state index in [2.05, 4.69) is 16.7 Å². The van der Waals surface area contributed by atoms with Gasteiger partial charge in [0.05, 0.1) is 6.54 Å². The average Bonchev–Trinajstić information content (AvgIpc) is 2.62. The molecule has 0 saturated carbocycles. The van der Waals surface area contributed by atoms with E-state index in [1.807, 2.05) is 0 Å². The molecule has 1 rings (SSSR count). The maximum absolute atomic E-state index is 11.6. The van der Waals surface area contributed by atoms with Gasteiger partial charge in [-0.05, 0) is 0 Å². The summed E-state index contributed by atoms with van der Waals surface area (Å²) >= 11 is 11.0. The monoisotopic (exact) mass is 263 g/mol. The summed E-state index contributed by atoms with van der Waals surface area (Å²) in [4.78, 5) is 15.8. The van der Waals surface area contributed by atoms with Crippen molar-refractivity contribution in [3.8, 4) is 0 Å². The Kier molecular flexibility index (Phi) is 4.76. The van der Waals surface area contributed by atoms with E-state index in [1.165, 1.54) is 4.90 Å². The van der Waals surface area contributed by atoms with Crippen LogP contribution in [-0.4, -0.2) is 32.3 Å². The topological polar surface area (TPSA) is 59.2 Å². The molecule has 7 heteroatoms. The van der Waals surface area contributed by atoms with E-state index in [4.69, 9.17) is 27.7 Å². The highest BCUT2D eigenvalue weighted by Crippen LogP contribution is 2.10. The molecule has 0 spiro atoms. The fourth-order valence-electron chi connectivity index (χ4n) is 1.10. The zero-order chi connectivity index (χ0) is 12.1. The van der Waals surface area contributed by atoms with Crippen LogP contribution < -0.4 is 0 Å². The Bertz CT molecular complexity index is 379. The molecule has 88 valence electrons. The summed E-state index contributed by atoms with van der Waals surface area (Å²) in [5.74, 6) is 0.432. The number of hydrogen-bond donors (Lipinski definition) is 0. The summed E-state index contributed by atoms with van der Waals surface area (Å²) in [6, 6.07) is 0. The van der Waals surface area contributed by atoms with E-state index >= 15 is 0 Å². The lowest BCUT2D eigenvalue weighted by Gasteiger charge is -2.19. The number of alkyl halides is 2. The van der Waals surface area contributed by atoms with E-state index in [-0.39, 0.29) is 6.54 Å². The van der Waals surface area contributed by atoms with Gasteiger partial charge < -0.3 is 9.42 Å². The Labute approximate surface area is 103 Å². The van der Waals surface area contributed by atoms with Gasteiger partial charge in [0.25, 0.3) is 5.91 Å². The van der Waals surface area contributed by atoms with Gasteiger partial charge in [-0.3, -0.25) is 4.79 Å². The molecule has 16 heavy (non-hydrogen) atoms. The zero-order valence-corrected chi connectivity index (χ0v) is 10.2. The molecule has 1 aromatic rings. The molecule has 0 aliphatic heterocycles. The van der Waals surface area contributed by atoms with Crippen LogP contribution in [0.15, 0.2) is 17.2 Å². The molecule has 0 bridgehead atoms. The largest absolute Gasteiger partial charge is 0.340 e. The van der Waals surface area contributed by atoms with Crippen molar-refractivity contribution in [1.29, 1.82) is 0 Å². The van der Waals surface area contributed by atoms with Crippen LogP contribution in [0.4, 0.5) is 0 Å². The summed E-state index contributed by atoms with van der Waals surface area (Å²) in [6.07, 6.45) is 1.57. The van der Waals surface area contributed by atoms with Gasteiger partial charge in [0, 0.05) is 13.5 Å². The number of hydrogen-bond acceptors (Lipinski definition) is 4. The van der Waals surface area contributed by atoms with Crippen LogP contribution in [0.5, 0.6) is 0 Å². The molecular formula is C9H11Cl2N3O2. The minimum absolute atomic E-state index is 0.193. The molecule has 5 nitrogen and oxygen atoms in total. The summed E-state index contributed by atoms with van der Waals surface area (Å²) in [7, 11) is 0. The number of carbonyl (C=O) groups excluding carboxylic acids is 1. The van der Waals surface area contributed by atoms with Gasteiger partial charge in [-0.2, -0.15) is 4.98 Å². The van der Waals surface area contributed by atoms with Crippen molar-refractivity contribution in [2.45, 2.75) is 18.3 Å².